The molecule has 1 aromatic rings. The Labute approximate surface area is 124 Å². The van der Waals surface area contributed by atoms with Crippen LogP contribution >= 0.6 is 0 Å². The quantitative estimate of drug-likeness (QED) is 0.877. The minimum absolute atomic E-state index is 0.0778. The Morgan fingerprint density at radius 3 is 2.90 bits per heavy atom. The Kier molecular flexibility index (Phi) is 4.83. The molecule has 0 bridgehead atoms. The zero-order chi connectivity index (χ0) is 15.5. The molecule has 21 heavy (non-hydrogen) atoms. The van der Waals surface area contributed by atoms with Crippen LogP contribution < -0.4 is 10.1 Å². The van der Waals surface area contributed by atoms with Crippen molar-refractivity contribution in [2.45, 2.75) is 57.2 Å². The van der Waals surface area contributed by atoms with Crippen molar-refractivity contribution in [3.8, 4) is 5.75 Å². The van der Waals surface area contributed by atoms with Crippen molar-refractivity contribution in [3.63, 3.8) is 0 Å². The Bertz CT molecular complexity index is 506. The Morgan fingerprint density at radius 2 is 2.29 bits per heavy atom. The van der Waals surface area contributed by atoms with E-state index in [2.05, 4.69) is 5.32 Å². The van der Waals surface area contributed by atoms with E-state index >= 15 is 0 Å². The van der Waals surface area contributed by atoms with E-state index in [4.69, 9.17) is 4.74 Å². The molecule has 0 radical (unpaired) electrons. The summed E-state index contributed by atoms with van der Waals surface area (Å²) in [5.41, 5.74) is -0.954. The topological polar surface area (TPSA) is 58.6 Å². The minimum Gasteiger partial charge on any atom is -0.490 e. The first kappa shape index (κ1) is 15.8. The fourth-order valence-electron chi connectivity index (χ4n) is 3.00. The van der Waals surface area contributed by atoms with Crippen LogP contribution in [0.4, 0.5) is 4.39 Å². The van der Waals surface area contributed by atoms with Crippen LogP contribution in [0, 0.1) is 5.82 Å². The van der Waals surface area contributed by atoms with Gasteiger partial charge in [0.25, 0.3) is 0 Å². The molecule has 0 heterocycles. The first-order valence-electron chi connectivity index (χ1n) is 7.34. The lowest BCUT2D eigenvalue weighted by molar-refractivity contribution is -0.148. The summed E-state index contributed by atoms with van der Waals surface area (Å²) in [6, 6.07) is 6.04. The number of halogens is 1. The summed E-state index contributed by atoms with van der Waals surface area (Å²) in [5.74, 6) is -0.748. The molecule has 1 saturated carbocycles. The van der Waals surface area contributed by atoms with Crippen LogP contribution in [0.5, 0.6) is 5.75 Å². The number of nitrogens with one attached hydrogen (secondary N) is 1. The molecule has 1 aliphatic rings. The average molecular weight is 295 g/mol. The van der Waals surface area contributed by atoms with Crippen molar-refractivity contribution >= 4 is 5.97 Å². The molecule has 2 rings (SSSR count). The first-order valence-corrected chi connectivity index (χ1v) is 7.34. The van der Waals surface area contributed by atoms with Gasteiger partial charge in [-0.2, -0.15) is 0 Å². The number of aliphatic carboxylic acids is 1. The molecule has 0 spiro atoms. The van der Waals surface area contributed by atoms with Gasteiger partial charge in [0.05, 0.1) is 0 Å². The van der Waals surface area contributed by atoms with Crippen molar-refractivity contribution in [2.24, 2.45) is 0 Å². The third-order valence-corrected chi connectivity index (χ3v) is 3.78. The molecule has 1 aromatic carbocycles. The zero-order valence-electron chi connectivity index (χ0n) is 12.4. The second-order valence-corrected chi connectivity index (χ2v) is 5.98. The largest absolute Gasteiger partial charge is 0.490 e. The SMILES string of the molecule is CC(C)NC1(C(=O)O)CCCC(Oc2cccc(F)c2)C1. The van der Waals surface area contributed by atoms with Crippen molar-refractivity contribution < 1.29 is 19.0 Å². The third-order valence-electron chi connectivity index (χ3n) is 3.78. The zero-order valence-corrected chi connectivity index (χ0v) is 12.4. The lowest BCUT2D eigenvalue weighted by atomic mass is 9.79. The molecule has 1 fully saturated rings. The van der Waals surface area contributed by atoms with Crippen LogP contribution in [0.3, 0.4) is 0 Å². The van der Waals surface area contributed by atoms with Crippen molar-refractivity contribution in [1.29, 1.82) is 0 Å². The molecule has 5 heteroatoms. The molecule has 2 unspecified atom stereocenters. The lowest BCUT2D eigenvalue weighted by Gasteiger charge is -2.39. The standard InChI is InChI=1S/C16H22FNO3/c1-11(2)18-16(15(19)20)8-4-7-14(10-16)21-13-6-3-5-12(17)9-13/h3,5-6,9,11,14,18H,4,7-8,10H2,1-2H3,(H,19,20). The van der Waals surface area contributed by atoms with Crippen LogP contribution in [0.1, 0.15) is 39.5 Å². The van der Waals surface area contributed by atoms with Gasteiger partial charge in [-0.25, -0.2) is 4.39 Å². The molecule has 0 aromatic heterocycles. The Hall–Kier alpha value is -1.62. The maximum atomic E-state index is 13.2. The van der Waals surface area contributed by atoms with Gasteiger partial charge in [0.1, 0.15) is 23.2 Å². The molecular weight excluding hydrogens is 273 g/mol. The normalized spacial score (nSPS) is 25.8. The van der Waals surface area contributed by atoms with E-state index in [0.29, 0.717) is 18.6 Å². The number of ether oxygens (including phenoxy) is 1. The van der Waals surface area contributed by atoms with E-state index < -0.39 is 11.5 Å². The highest BCUT2D eigenvalue weighted by Gasteiger charge is 2.44. The fourth-order valence-corrected chi connectivity index (χ4v) is 3.00. The summed E-state index contributed by atoms with van der Waals surface area (Å²) >= 11 is 0. The second kappa shape index (κ2) is 6.43. The van der Waals surface area contributed by atoms with Gasteiger partial charge in [0, 0.05) is 18.5 Å². The minimum atomic E-state index is -0.954. The predicted molar refractivity (Wildman–Crippen MR) is 77.9 cm³/mol. The number of rotatable bonds is 5. The summed E-state index contributed by atoms with van der Waals surface area (Å²) in [4.78, 5) is 11.7. The predicted octanol–water partition coefficient (Wildman–Crippen LogP) is 2.97. The maximum absolute atomic E-state index is 13.2. The van der Waals surface area contributed by atoms with E-state index in [1.54, 1.807) is 12.1 Å². The highest BCUT2D eigenvalue weighted by atomic mass is 19.1. The summed E-state index contributed by atoms with van der Waals surface area (Å²) in [5, 5.41) is 12.8. The number of benzene rings is 1. The maximum Gasteiger partial charge on any atom is 0.324 e. The van der Waals surface area contributed by atoms with Crippen LogP contribution in [0.25, 0.3) is 0 Å². The molecule has 4 nitrogen and oxygen atoms in total. The number of carboxylic acids is 1. The van der Waals surface area contributed by atoms with Crippen molar-refractivity contribution in [3.05, 3.63) is 30.1 Å². The van der Waals surface area contributed by atoms with Crippen LogP contribution in [-0.4, -0.2) is 28.8 Å². The third kappa shape index (κ3) is 3.94. The van der Waals surface area contributed by atoms with Gasteiger partial charge >= 0.3 is 5.97 Å². The summed E-state index contributed by atoms with van der Waals surface area (Å²) in [6.45, 7) is 3.86. The molecule has 2 atom stereocenters. The van der Waals surface area contributed by atoms with Gasteiger partial charge in [0.2, 0.25) is 0 Å². The van der Waals surface area contributed by atoms with E-state index in [1.807, 2.05) is 13.8 Å². The number of hydrogen-bond donors (Lipinski definition) is 2. The van der Waals surface area contributed by atoms with E-state index in [9.17, 15) is 14.3 Å². The molecule has 0 amide bonds. The monoisotopic (exact) mass is 295 g/mol. The van der Waals surface area contributed by atoms with E-state index in [-0.39, 0.29) is 18.0 Å². The number of hydrogen-bond acceptors (Lipinski definition) is 3. The second-order valence-electron chi connectivity index (χ2n) is 5.98. The average Bonchev–Trinajstić information content (AvgIpc) is 2.38. The lowest BCUT2D eigenvalue weighted by Crippen LogP contribution is -2.58. The van der Waals surface area contributed by atoms with E-state index in [0.717, 1.165) is 12.8 Å². The fraction of sp³-hybridized carbons (Fsp3) is 0.562. The first-order chi connectivity index (χ1) is 9.91. The van der Waals surface area contributed by atoms with Crippen LogP contribution in [-0.2, 0) is 4.79 Å². The molecular formula is C16H22FNO3. The van der Waals surface area contributed by atoms with Crippen molar-refractivity contribution in [1.82, 2.24) is 5.32 Å². The Morgan fingerprint density at radius 1 is 1.52 bits per heavy atom. The number of carboxylic acid groups (broad SMARTS) is 1. The molecule has 116 valence electrons. The van der Waals surface area contributed by atoms with Gasteiger partial charge in [-0.15, -0.1) is 0 Å². The van der Waals surface area contributed by atoms with Gasteiger partial charge < -0.3 is 9.84 Å². The molecule has 0 aliphatic heterocycles. The van der Waals surface area contributed by atoms with E-state index in [1.165, 1.54) is 12.1 Å². The highest BCUT2D eigenvalue weighted by Crippen LogP contribution is 2.32. The summed E-state index contributed by atoms with van der Waals surface area (Å²) in [6.07, 6.45) is 2.31. The molecule has 1 aliphatic carbocycles. The highest BCUT2D eigenvalue weighted by molar-refractivity contribution is 5.79. The van der Waals surface area contributed by atoms with Crippen molar-refractivity contribution in [2.75, 3.05) is 0 Å². The van der Waals surface area contributed by atoms with Crippen LogP contribution in [0.15, 0.2) is 24.3 Å². The van der Waals surface area contributed by atoms with Gasteiger partial charge in [-0.1, -0.05) is 6.07 Å². The van der Waals surface area contributed by atoms with Crippen LogP contribution in [0.2, 0.25) is 0 Å². The number of carbonyl (C=O) groups is 1. The summed E-state index contributed by atoms with van der Waals surface area (Å²) in [7, 11) is 0. The smallest absolute Gasteiger partial charge is 0.324 e. The molecule has 2 N–H and O–H groups in total. The summed E-state index contributed by atoms with van der Waals surface area (Å²) < 4.78 is 19.0. The van der Waals surface area contributed by atoms with Gasteiger partial charge in [0.15, 0.2) is 0 Å². The van der Waals surface area contributed by atoms with Gasteiger partial charge in [-0.05, 0) is 45.2 Å². The molecule has 0 saturated heterocycles. The Balaban J connectivity index is 2.10. The van der Waals surface area contributed by atoms with Gasteiger partial charge in [-0.3, -0.25) is 10.1 Å².